The van der Waals surface area contributed by atoms with Crippen molar-refractivity contribution < 1.29 is 9.90 Å². The zero-order chi connectivity index (χ0) is 13.0. The summed E-state index contributed by atoms with van der Waals surface area (Å²) in [5, 5.41) is 12.3. The molecule has 0 aliphatic heterocycles. The number of carbonyl (C=O) groups excluding carboxylic acids is 1. The van der Waals surface area contributed by atoms with Crippen molar-refractivity contribution in [3.8, 4) is 5.75 Å². The molecule has 2 N–H and O–H groups in total. The first-order valence-corrected chi connectivity index (χ1v) is 6.74. The van der Waals surface area contributed by atoms with E-state index >= 15 is 0 Å². The van der Waals surface area contributed by atoms with Gasteiger partial charge in [-0.1, -0.05) is 32.1 Å². The molecule has 0 bridgehead atoms. The van der Waals surface area contributed by atoms with Gasteiger partial charge in [0.1, 0.15) is 5.75 Å². The number of amides is 1. The Morgan fingerprint density at radius 3 is 2.67 bits per heavy atom. The standard InChI is InChI=1S/C15H21NO2/c1-16-15(18)13-8-12(9-14(17)10-13)7-11-5-3-2-4-6-11/h8-11,17H,2-7H2,1H3,(H,16,18). The topological polar surface area (TPSA) is 49.3 Å². The summed E-state index contributed by atoms with van der Waals surface area (Å²) in [6.07, 6.45) is 7.48. The van der Waals surface area contributed by atoms with E-state index in [1.807, 2.05) is 6.07 Å². The third-order valence-corrected chi connectivity index (χ3v) is 3.72. The average Bonchev–Trinajstić information content (AvgIpc) is 2.38. The van der Waals surface area contributed by atoms with Gasteiger partial charge in [-0.25, -0.2) is 0 Å². The largest absolute Gasteiger partial charge is 0.508 e. The second-order valence-corrected chi connectivity index (χ2v) is 5.18. The van der Waals surface area contributed by atoms with Crippen LogP contribution < -0.4 is 5.32 Å². The SMILES string of the molecule is CNC(=O)c1cc(O)cc(CC2CCCCC2)c1. The van der Waals surface area contributed by atoms with Crippen LogP contribution in [-0.2, 0) is 6.42 Å². The maximum Gasteiger partial charge on any atom is 0.251 e. The zero-order valence-corrected chi connectivity index (χ0v) is 10.9. The lowest BCUT2D eigenvalue weighted by molar-refractivity contribution is 0.0962. The predicted molar refractivity (Wildman–Crippen MR) is 71.8 cm³/mol. The van der Waals surface area contributed by atoms with Crippen molar-refractivity contribution in [1.82, 2.24) is 5.32 Å². The van der Waals surface area contributed by atoms with Crippen LogP contribution in [0.5, 0.6) is 5.75 Å². The first-order valence-electron chi connectivity index (χ1n) is 6.74. The second kappa shape index (κ2) is 5.89. The predicted octanol–water partition coefficient (Wildman–Crippen LogP) is 2.87. The molecule has 1 aromatic rings. The van der Waals surface area contributed by atoms with Crippen molar-refractivity contribution in [3.05, 3.63) is 29.3 Å². The van der Waals surface area contributed by atoms with E-state index in [9.17, 15) is 9.90 Å². The maximum atomic E-state index is 11.6. The van der Waals surface area contributed by atoms with Gasteiger partial charge in [-0.2, -0.15) is 0 Å². The number of phenols is 1. The van der Waals surface area contributed by atoms with Gasteiger partial charge in [0.25, 0.3) is 5.91 Å². The van der Waals surface area contributed by atoms with Gasteiger partial charge in [0, 0.05) is 12.6 Å². The van der Waals surface area contributed by atoms with E-state index in [2.05, 4.69) is 5.32 Å². The highest BCUT2D eigenvalue weighted by atomic mass is 16.3. The number of hydrogen-bond donors (Lipinski definition) is 2. The van der Waals surface area contributed by atoms with Crippen molar-refractivity contribution in [2.75, 3.05) is 7.05 Å². The molecule has 0 radical (unpaired) electrons. The van der Waals surface area contributed by atoms with Crippen molar-refractivity contribution in [2.45, 2.75) is 38.5 Å². The Hall–Kier alpha value is -1.51. The molecule has 0 aromatic heterocycles. The fourth-order valence-corrected chi connectivity index (χ4v) is 2.79. The fourth-order valence-electron chi connectivity index (χ4n) is 2.79. The molecule has 0 saturated heterocycles. The van der Waals surface area contributed by atoms with Crippen LogP contribution in [-0.4, -0.2) is 18.1 Å². The van der Waals surface area contributed by atoms with E-state index in [1.54, 1.807) is 13.1 Å². The van der Waals surface area contributed by atoms with E-state index in [4.69, 9.17) is 0 Å². The lowest BCUT2D eigenvalue weighted by Gasteiger charge is -2.21. The van der Waals surface area contributed by atoms with Gasteiger partial charge in [0.05, 0.1) is 0 Å². The van der Waals surface area contributed by atoms with Crippen molar-refractivity contribution >= 4 is 5.91 Å². The lowest BCUT2D eigenvalue weighted by atomic mass is 9.84. The summed E-state index contributed by atoms with van der Waals surface area (Å²) in [7, 11) is 1.60. The molecule has 0 heterocycles. The van der Waals surface area contributed by atoms with Crippen LogP contribution in [0.3, 0.4) is 0 Å². The van der Waals surface area contributed by atoms with Crippen LogP contribution in [0.4, 0.5) is 0 Å². The molecule has 0 atom stereocenters. The third kappa shape index (κ3) is 3.25. The summed E-state index contributed by atoms with van der Waals surface area (Å²) in [5.74, 6) is 0.746. The molecule has 18 heavy (non-hydrogen) atoms. The summed E-state index contributed by atoms with van der Waals surface area (Å²) in [5.41, 5.74) is 1.61. The zero-order valence-electron chi connectivity index (χ0n) is 10.9. The Balaban J connectivity index is 2.11. The summed E-state index contributed by atoms with van der Waals surface area (Å²) >= 11 is 0. The van der Waals surface area contributed by atoms with Gasteiger partial charge in [-0.3, -0.25) is 4.79 Å². The quantitative estimate of drug-likeness (QED) is 0.863. The van der Waals surface area contributed by atoms with Crippen LogP contribution >= 0.6 is 0 Å². The lowest BCUT2D eigenvalue weighted by Crippen LogP contribution is -2.18. The van der Waals surface area contributed by atoms with E-state index in [0.717, 1.165) is 12.0 Å². The second-order valence-electron chi connectivity index (χ2n) is 5.18. The number of hydrogen-bond acceptors (Lipinski definition) is 2. The Morgan fingerprint density at radius 2 is 2.00 bits per heavy atom. The monoisotopic (exact) mass is 247 g/mol. The molecule has 0 spiro atoms. The molecule has 2 rings (SSSR count). The Labute approximate surface area is 108 Å². The van der Waals surface area contributed by atoms with E-state index in [0.29, 0.717) is 11.5 Å². The summed E-state index contributed by atoms with van der Waals surface area (Å²) in [4.78, 5) is 11.6. The summed E-state index contributed by atoms with van der Waals surface area (Å²) in [6, 6.07) is 5.19. The first-order chi connectivity index (χ1) is 8.69. The van der Waals surface area contributed by atoms with Crippen LogP contribution in [0, 0.1) is 5.92 Å². The fraction of sp³-hybridized carbons (Fsp3) is 0.533. The molecule has 1 amide bonds. The smallest absolute Gasteiger partial charge is 0.251 e. The molecule has 3 heteroatoms. The van der Waals surface area contributed by atoms with E-state index < -0.39 is 0 Å². The highest BCUT2D eigenvalue weighted by molar-refractivity contribution is 5.94. The van der Waals surface area contributed by atoms with E-state index in [1.165, 1.54) is 38.2 Å². The minimum atomic E-state index is -0.143. The minimum Gasteiger partial charge on any atom is -0.508 e. The number of aromatic hydroxyl groups is 1. The normalized spacial score (nSPS) is 16.5. The Morgan fingerprint density at radius 1 is 1.28 bits per heavy atom. The molecule has 1 aliphatic carbocycles. The van der Waals surface area contributed by atoms with Gasteiger partial charge >= 0.3 is 0 Å². The molecule has 1 saturated carbocycles. The average molecular weight is 247 g/mol. The molecular formula is C15H21NO2. The van der Waals surface area contributed by atoms with E-state index in [-0.39, 0.29) is 11.7 Å². The van der Waals surface area contributed by atoms with Gasteiger partial charge in [0.2, 0.25) is 0 Å². The summed E-state index contributed by atoms with van der Waals surface area (Å²) < 4.78 is 0. The highest BCUT2D eigenvalue weighted by Crippen LogP contribution is 2.28. The minimum absolute atomic E-state index is 0.143. The molecule has 1 aromatic carbocycles. The number of nitrogens with one attached hydrogen (secondary N) is 1. The molecule has 1 aliphatic rings. The molecule has 0 unspecified atom stereocenters. The number of benzene rings is 1. The Kier molecular flexibility index (Phi) is 4.24. The third-order valence-electron chi connectivity index (χ3n) is 3.72. The van der Waals surface area contributed by atoms with Crippen LogP contribution in [0.15, 0.2) is 18.2 Å². The van der Waals surface area contributed by atoms with Gasteiger partial charge < -0.3 is 10.4 Å². The first kappa shape index (κ1) is 12.9. The van der Waals surface area contributed by atoms with Gasteiger partial charge in [-0.15, -0.1) is 0 Å². The summed E-state index contributed by atoms with van der Waals surface area (Å²) in [6.45, 7) is 0. The van der Waals surface area contributed by atoms with Crippen molar-refractivity contribution in [3.63, 3.8) is 0 Å². The number of rotatable bonds is 3. The molecular weight excluding hydrogens is 226 g/mol. The number of phenolic OH excluding ortho intramolecular Hbond substituents is 1. The highest BCUT2D eigenvalue weighted by Gasteiger charge is 2.15. The number of carbonyl (C=O) groups is 1. The molecule has 3 nitrogen and oxygen atoms in total. The van der Waals surface area contributed by atoms with Gasteiger partial charge in [-0.05, 0) is 36.1 Å². The van der Waals surface area contributed by atoms with Crippen LogP contribution in [0.25, 0.3) is 0 Å². The van der Waals surface area contributed by atoms with Crippen molar-refractivity contribution in [1.29, 1.82) is 0 Å². The van der Waals surface area contributed by atoms with Crippen LogP contribution in [0.1, 0.15) is 48.0 Å². The van der Waals surface area contributed by atoms with Crippen molar-refractivity contribution in [2.24, 2.45) is 5.92 Å². The maximum absolute atomic E-state index is 11.6. The Bertz CT molecular complexity index is 423. The molecule has 1 fully saturated rings. The van der Waals surface area contributed by atoms with Gasteiger partial charge in [0.15, 0.2) is 0 Å². The van der Waals surface area contributed by atoms with Crippen LogP contribution in [0.2, 0.25) is 0 Å². The molecule has 98 valence electrons.